The average Bonchev–Trinajstić information content (AvgIpc) is 3.70. The highest BCUT2D eigenvalue weighted by atomic mass is 32.1. The van der Waals surface area contributed by atoms with E-state index in [1.165, 1.54) is 17.6 Å². The summed E-state index contributed by atoms with van der Waals surface area (Å²) in [6, 6.07) is 9.80. The number of carbonyl (C=O) groups excluding carboxylic acids is 3. The molecule has 1 aromatic carbocycles. The third-order valence-corrected chi connectivity index (χ3v) is 8.45. The number of nitrogens with zero attached hydrogens (tertiary/aromatic N) is 2. The summed E-state index contributed by atoms with van der Waals surface area (Å²) in [7, 11) is 0. The Morgan fingerprint density at radius 3 is 2.36 bits per heavy atom. The van der Waals surface area contributed by atoms with Crippen LogP contribution >= 0.6 is 11.5 Å². The minimum Gasteiger partial charge on any atom is -0.467 e. The summed E-state index contributed by atoms with van der Waals surface area (Å²) >= 11 is 0.872. The largest absolute Gasteiger partial charge is 0.467 e. The van der Waals surface area contributed by atoms with Crippen molar-refractivity contribution >= 4 is 40.6 Å². The lowest BCUT2D eigenvalue weighted by Gasteiger charge is -2.30. The van der Waals surface area contributed by atoms with Gasteiger partial charge in [-0.25, -0.2) is 0 Å². The molecular formula is C29H35N5O4S. The van der Waals surface area contributed by atoms with Gasteiger partial charge in [0.05, 0.1) is 12.0 Å². The Kier molecular flexibility index (Phi) is 8.30. The van der Waals surface area contributed by atoms with E-state index >= 15 is 0 Å². The van der Waals surface area contributed by atoms with Crippen LogP contribution in [-0.2, 0) is 4.79 Å². The molecule has 2 aliphatic rings. The highest BCUT2D eigenvalue weighted by Gasteiger charge is 2.38. The van der Waals surface area contributed by atoms with Crippen LogP contribution in [0.3, 0.4) is 0 Å². The second kappa shape index (κ2) is 12.0. The Hall–Kier alpha value is -3.66. The molecule has 2 saturated carbocycles. The Bertz CT molecular complexity index is 1310. The molecule has 0 bridgehead atoms. The number of carbonyl (C=O) groups is 3. The summed E-state index contributed by atoms with van der Waals surface area (Å²) in [6.45, 7) is 1.92. The lowest BCUT2D eigenvalue weighted by Crippen LogP contribution is -2.46. The number of anilines is 2. The van der Waals surface area contributed by atoms with E-state index in [9.17, 15) is 14.4 Å². The predicted molar refractivity (Wildman–Crippen MR) is 151 cm³/mol. The van der Waals surface area contributed by atoms with Crippen molar-refractivity contribution in [3.05, 3.63) is 64.6 Å². The topological polar surface area (TPSA) is 131 Å². The minimum absolute atomic E-state index is 0.0189. The predicted octanol–water partition coefficient (Wildman–Crippen LogP) is 5.14. The van der Waals surface area contributed by atoms with Gasteiger partial charge in [-0.05, 0) is 74.0 Å². The summed E-state index contributed by atoms with van der Waals surface area (Å²) in [4.78, 5) is 42.6. The van der Waals surface area contributed by atoms with E-state index in [1.807, 2.05) is 25.1 Å². The number of furan rings is 1. The minimum atomic E-state index is -1.07. The third kappa shape index (κ3) is 6.00. The van der Waals surface area contributed by atoms with Crippen LogP contribution in [0.4, 0.5) is 11.4 Å². The Labute approximate surface area is 232 Å². The number of nitrogens with two attached hydrogens (primary N) is 1. The first kappa shape index (κ1) is 26.9. The lowest BCUT2D eigenvalue weighted by atomic mass is 9.95. The smallest absolute Gasteiger partial charge is 0.273 e. The lowest BCUT2D eigenvalue weighted by molar-refractivity contribution is -0.123. The fourth-order valence-electron chi connectivity index (χ4n) is 5.56. The zero-order valence-electron chi connectivity index (χ0n) is 22.2. The van der Waals surface area contributed by atoms with Crippen LogP contribution in [0.5, 0.6) is 0 Å². The van der Waals surface area contributed by atoms with Gasteiger partial charge in [0.25, 0.3) is 17.7 Å². The van der Waals surface area contributed by atoms with E-state index < -0.39 is 11.9 Å². The maximum absolute atomic E-state index is 14.2. The van der Waals surface area contributed by atoms with Gasteiger partial charge in [0, 0.05) is 17.8 Å². The third-order valence-electron chi connectivity index (χ3n) is 7.60. The molecule has 206 valence electrons. The number of nitrogens with one attached hydrogen (secondary N) is 2. The highest BCUT2D eigenvalue weighted by Crippen LogP contribution is 2.34. The van der Waals surface area contributed by atoms with Crippen LogP contribution in [0, 0.1) is 6.92 Å². The molecule has 0 radical (unpaired) electrons. The number of aryl methyl sites for hydroxylation is 1. The molecule has 2 aromatic heterocycles. The first-order chi connectivity index (χ1) is 18.9. The number of hydrogen-bond donors (Lipinski definition) is 3. The maximum atomic E-state index is 14.2. The van der Waals surface area contributed by atoms with Gasteiger partial charge >= 0.3 is 0 Å². The van der Waals surface area contributed by atoms with E-state index in [2.05, 4.69) is 15.0 Å². The van der Waals surface area contributed by atoms with Crippen molar-refractivity contribution in [2.24, 2.45) is 0 Å². The van der Waals surface area contributed by atoms with Crippen molar-refractivity contribution in [1.82, 2.24) is 15.0 Å². The number of rotatable bonds is 8. The SMILES string of the molecule is Cc1cccc(N(C(=O)c2snc(C(=O)NC3CCCCC3)c2N)C(C(=O)NC2CCCC2)c2ccco2)c1. The van der Waals surface area contributed by atoms with E-state index in [1.54, 1.807) is 18.2 Å². The average molecular weight is 550 g/mol. The van der Waals surface area contributed by atoms with Crippen molar-refractivity contribution in [2.45, 2.75) is 82.8 Å². The van der Waals surface area contributed by atoms with Gasteiger partial charge < -0.3 is 20.8 Å². The molecule has 3 amide bonds. The van der Waals surface area contributed by atoms with Crippen LogP contribution < -0.4 is 21.3 Å². The first-order valence-corrected chi connectivity index (χ1v) is 14.5. The van der Waals surface area contributed by atoms with E-state index in [0.29, 0.717) is 11.4 Å². The summed E-state index contributed by atoms with van der Waals surface area (Å²) in [6.07, 6.45) is 10.6. The van der Waals surface area contributed by atoms with Crippen LogP contribution in [0.2, 0.25) is 0 Å². The quantitative estimate of drug-likeness (QED) is 0.357. The van der Waals surface area contributed by atoms with Gasteiger partial charge in [-0.3, -0.25) is 19.3 Å². The van der Waals surface area contributed by atoms with Crippen molar-refractivity contribution in [3.63, 3.8) is 0 Å². The molecule has 0 spiro atoms. The number of amides is 3. The Balaban J connectivity index is 1.50. The molecule has 2 fully saturated rings. The molecule has 4 N–H and O–H groups in total. The van der Waals surface area contributed by atoms with Crippen LogP contribution in [0.25, 0.3) is 0 Å². The first-order valence-electron chi connectivity index (χ1n) is 13.7. The second-order valence-corrected chi connectivity index (χ2v) is 11.3. The Morgan fingerprint density at radius 1 is 1.00 bits per heavy atom. The van der Waals surface area contributed by atoms with Crippen LogP contribution in [0.1, 0.15) is 95.3 Å². The molecule has 3 aromatic rings. The van der Waals surface area contributed by atoms with Crippen molar-refractivity contribution in [2.75, 3.05) is 10.6 Å². The van der Waals surface area contributed by atoms with Gasteiger partial charge in [0.2, 0.25) is 0 Å². The molecule has 2 heterocycles. The standard InChI is InChI=1S/C29H35N5O4S/c1-18-9-7-14-21(17-18)34(25(22-15-8-16-38-22)28(36)32-20-12-5-6-13-20)29(37)26-23(30)24(33-39-26)27(35)31-19-10-3-2-4-11-19/h7-9,14-17,19-20,25H,2-6,10-13,30H2,1H3,(H,31,35)(H,32,36). The summed E-state index contributed by atoms with van der Waals surface area (Å²) in [5, 5.41) is 6.14. The Morgan fingerprint density at radius 2 is 1.69 bits per heavy atom. The summed E-state index contributed by atoms with van der Waals surface area (Å²) < 4.78 is 9.98. The maximum Gasteiger partial charge on any atom is 0.273 e. The van der Waals surface area contributed by atoms with Crippen LogP contribution in [0.15, 0.2) is 47.1 Å². The number of benzene rings is 1. The van der Waals surface area contributed by atoms with E-state index in [-0.39, 0.29) is 40.2 Å². The van der Waals surface area contributed by atoms with E-state index in [0.717, 1.165) is 68.5 Å². The molecule has 0 aliphatic heterocycles. The van der Waals surface area contributed by atoms with Gasteiger partial charge in [0.15, 0.2) is 11.7 Å². The molecule has 39 heavy (non-hydrogen) atoms. The van der Waals surface area contributed by atoms with Gasteiger partial charge in [-0.2, -0.15) is 4.37 Å². The molecule has 2 aliphatic carbocycles. The van der Waals surface area contributed by atoms with Gasteiger partial charge in [-0.15, -0.1) is 0 Å². The molecule has 0 saturated heterocycles. The van der Waals surface area contributed by atoms with Crippen molar-refractivity contribution < 1.29 is 18.8 Å². The molecular weight excluding hydrogens is 514 g/mol. The van der Waals surface area contributed by atoms with Gasteiger partial charge in [-0.1, -0.05) is 44.2 Å². The molecule has 9 nitrogen and oxygen atoms in total. The summed E-state index contributed by atoms with van der Waals surface area (Å²) in [5.41, 5.74) is 7.90. The number of aromatic nitrogens is 1. The monoisotopic (exact) mass is 549 g/mol. The normalized spacial score (nSPS) is 17.1. The van der Waals surface area contributed by atoms with E-state index in [4.69, 9.17) is 10.2 Å². The second-order valence-electron chi connectivity index (χ2n) is 10.5. The fourth-order valence-corrected chi connectivity index (χ4v) is 6.29. The van der Waals surface area contributed by atoms with Crippen LogP contribution in [-0.4, -0.2) is 34.2 Å². The van der Waals surface area contributed by atoms with Crippen molar-refractivity contribution in [3.8, 4) is 0 Å². The number of nitrogen functional groups attached to an aromatic ring is 1. The zero-order valence-corrected chi connectivity index (χ0v) is 23.0. The van der Waals surface area contributed by atoms with Crippen molar-refractivity contribution in [1.29, 1.82) is 0 Å². The van der Waals surface area contributed by atoms with Gasteiger partial charge in [0.1, 0.15) is 10.6 Å². The molecule has 10 heteroatoms. The molecule has 1 atom stereocenters. The summed E-state index contributed by atoms with van der Waals surface area (Å²) in [5.74, 6) is -0.891. The molecule has 1 unspecified atom stereocenters. The fraction of sp³-hybridized carbons (Fsp3) is 0.448. The highest BCUT2D eigenvalue weighted by molar-refractivity contribution is 7.09. The molecule has 5 rings (SSSR count). The zero-order chi connectivity index (χ0) is 27.4. The number of hydrogen-bond acceptors (Lipinski definition) is 7.